The summed E-state index contributed by atoms with van der Waals surface area (Å²) >= 11 is 1.76. The van der Waals surface area contributed by atoms with Crippen molar-refractivity contribution < 1.29 is 14.6 Å². The fourth-order valence-electron chi connectivity index (χ4n) is 2.66. The van der Waals surface area contributed by atoms with Crippen LogP contribution in [-0.4, -0.2) is 45.8 Å². The fraction of sp³-hybridized carbons (Fsp3) is 0.733. The van der Waals surface area contributed by atoms with Gasteiger partial charge in [-0.15, -0.1) is 11.3 Å². The molecule has 6 heteroatoms. The van der Waals surface area contributed by atoms with Crippen molar-refractivity contribution >= 4 is 17.3 Å². The van der Waals surface area contributed by atoms with E-state index in [0.717, 1.165) is 12.2 Å². The van der Waals surface area contributed by atoms with E-state index in [9.17, 15) is 4.79 Å². The second-order valence-electron chi connectivity index (χ2n) is 6.68. The lowest BCUT2D eigenvalue weighted by Gasteiger charge is -2.44. The standard InChI is InChI=1S/C15H22N2O3S/c1-15(2)9-20-12(5-13(18)19)7-17(15)6-11-8-21-14(16-11)10-3-4-10/h8,10,12H,3-7,9H2,1-2H3,(H,18,19). The van der Waals surface area contributed by atoms with E-state index < -0.39 is 5.97 Å². The van der Waals surface area contributed by atoms with E-state index in [0.29, 0.717) is 19.1 Å². The van der Waals surface area contributed by atoms with Crippen molar-refractivity contribution in [1.82, 2.24) is 9.88 Å². The lowest BCUT2D eigenvalue weighted by atomic mass is 9.99. The summed E-state index contributed by atoms with van der Waals surface area (Å²) in [4.78, 5) is 17.9. The molecular weight excluding hydrogens is 288 g/mol. The van der Waals surface area contributed by atoms with Crippen LogP contribution in [0.4, 0.5) is 0 Å². The quantitative estimate of drug-likeness (QED) is 0.905. The van der Waals surface area contributed by atoms with Gasteiger partial charge in [-0.2, -0.15) is 0 Å². The third-order valence-electron chi connectivity index (χ3n) is 4.20. The number of morpholine rings is 1. The first-order chi connectivity index (χ1) is 9.94. The maximum atomic E-state index is 10.9. The molecule has 1 saturated carbocycles. The Labute approximate surface area is 128 Å². The molecule has 5 nitrogen and oxygen atoms in total. The van der Waals surface area contributed by atoms with Gasteiger partial charge in [0.25, 0.3) is 0 Å². The van der Waals surface area contributed by atoms with Crippen molar-refractivity contribution in [2.45, 2.75) is 57.2 Å². The molecule has 1 atom stereocenters. The van der Waals surface area contributed by atoms with Crippen molar-refractivity contribution in [3.63, 3.8) is 0 Å². The Morgan fingerprint density at radius 1 is 1.57 bits per heavy atom. The van der Waals surface area contributed by atoms with E-state index in [-0.39, 0.29) is 18.1 Å². The number of carboxylic acids is 1. The van der Waals surface area contributed by atoms with Crippen molar-refractivity contribution in [2.24, 2.45) is 0 Å². The summed E-state index contributed by atoms with van der Waals surface area (Å²) in [6.45, 7) is 6.26. The van der Waals surface area contributed by atoms with Crippen molar-refractivity contribution in [3.05, 3.63) is 16.1 Å². The third-order valence-corrected chi connectivity index (χ3v) is 5.26. The largest absolute Gasteiger partial charge is 0.481 e. The van der Waals surface area contributed by atoms with Gasteiger partial charge in [-0.1, -0.05) is 0 Å². The van der Waals surface area contributed by atoms with E-state index >= 15 is 0 Å². The zero-order chi connectivity index (χ0) is 15.0. The molecule has 0 amide bonds. The van der Waals surface area contributed by atoms with Crippen LogP contribution in [0.25, 0.3) is 0 Å². The highest BCUT2D eigenvalue weighted by Gasteiger charge is 2.36. The van der Waals surface area contributed by atoms with E-state index in [1.165, 1.54) is 17.8 Å². The first-order valence-corrected chi connectivity index (χ1v) is 8.35. The highest BCUT2D eigenvalue weighted by Crippen LogP contribution is 2.41. The Morgan fingerprint density at radius 2 is 2.33 bits per heavy atom. The maximum Gasteiger partial charge on any atom is 0.306 e. The number of nitrogens with zero attached hydrogens (tertiary/aromatic N) is 2. The van der Waals surface area contributed by atoms with Crippen molar-refractivity contribution in [3.8, 4) is 0 Å². The summed E-state index contributed by atoms with van der Waals surface area (Å²) in [5, 5.41) is 12.3. The van der Waals surface area contributed by atoms with Gasteiger partial charge < -0.3 is 9.84 Å². The Bertz CT molecular complexity index is 525. The zero-order valence-corrected chi connectivity index (χ0v) is 13.4. The molecule has 1 saturated heterocycles. The van der Waals surface area contributed by atoms with Gasteiger partial charge in [-0.3, -0.25) is 9.69 Å². The number of thiazole rings is 1. The molecule has 1 N–H and O–H groups in total. The molecule has 116 valence electrons. The van der Waals surface area contributed by atoms with Gasteiger partial charge in [0.05, 0.1) is 29.8 Å². The monoisotopic (exact) mass is 310 g/mol. The van der Waals surface area contributed by atoms with E-state index in [2.05, 4.69) is 24.1 Å². The minimum Gasteiger partial charge on any atom is -0.481 e. The highest BCUT2D eigenvalue weighted by molar-refractivity contribution is 7.09. The summed E-state index contributed by atoms with van der Waals surface area (Å²) in [6, 6.07) is 0. The number of hydrogen-bond donors (Lipinski definition) is 1. The minimum absolute atomic E-state index is 0.0664. The van der Waals surface area contributed by atoms with Crippen LogP contribution in [0.2, 0.25) is 0 Å². The Balaban J connectivity index is 1.66. The molecule has 2 heterocycles. The second-order valence-corrected chi connectivity index (χ2v) is 7.56. The fourth-order valence-corrected chi connectivity index (χ4v) is 3.65. The molecule has 1 aromatic heterocycles. The smallest absolute Gasteiger partial charge is 0.306 e. The molecule has 21 heavy (non-hydrogen) atoms. The maximum absolute atomic E-state index is 10.9. The average Bonchev–Trinajstić information content (AvgIpc) is 3.14. The molecule has 1 aliphatic heterocycles. The lowest BCUT2D eigenvalue weighted by Crippen LogP contribution is -2.55. The Kier molecular flexibility index (Phi) is 4.03. The van der Waals surface area contributed by atoms with Gasteiger partial charge in [0.2, 0.25) is 0 Å². The molecule has 3 rings (SSSR count). The van der Waals surface area contributed by atoms with Gasteiger partial charge in [-0.05, 0) is 26.7 Å². The number of aromatic nitrogens is 1. The normalized spacial score (nSPS) is 25.9. The van der Waals surface area contributed by atoms with Crippen LogP contribution in [0, 0.1) is 0 Å². The molecule has 0 bridgehead atoms. The SMILES string of the molecule is CC1(C)COC(CC(=O)O)CN1Cc1csc(C2CC2)n1. The Morgan fingerprint density at radius 3 is 3.00 bits per heavy atom. The number of carboxylic acid groups (broad SMARTS) is 1. The van der Waals surface area contributed by atoms with Crippen LogP contribution in [0.5, 0.6) is 0 Å². The number of ether oxygens (including phenoxy) is 1. The number of aliphatic carboxylic acids is 1. The topological polar surface area (TPSA) is 62.7 Å². The summed E-state index contributed by atoms with van der Waals surface area (Å²) in [5.41, 5.74) is 1.02. The summed E-state index contributed by atoms with van der Waals surface area (Å²) in [5.74, 6) is -0.106. The number of carbonyl (C=O) groups is 1. The van der Waals surface area contributed by atoms with E-state index in [1.807, 2.05) is 0 Å². The molecule has 1 aromatic rings. The lowest BCUT2D eigenvalue weighted by molar-refractivity contribution is -0.147. The summed E-state index contributed by atoms with van der Waals surface area (Å²) < 4.78 is 5.69. The summed E-state index contributed by atoms with van der Waals surface area (Å²) in [7, 11) is 0. The molecule has 1 aliphatic carbocycles. The van der Waals surface area contributed by atoms with Gasteiger partial charge >= 0.3 is 5.97 Å². The average molecular weight is 310 g/mol. The molecular formula is C15H22N2O3S. The van der Waals surface area contributed by atoms with Gasteiger partial charge in [0.15, 0.2) is 0 Å². The highest BCUT2D eigenvalue weighted by atomic mass is 32.1. The predicted octanol–water partition coefficient (Wildman–Crippen LogP) is 2.47. The molecule has 0 aromatic carbocycles. The van der Waals surface area contributed by atoms with E-state index in [1.54, 1.807) is 11.3 Å². The molecule has 2 fully saturated rings. The zero-order valence-electron chi connectivity index (χ0n) is 12.5. The van der Waals surface area contributed by atoms with Gasteiger partial charge in [0, 0.05) is 29.9 Å². The van der Waals surface area contributed by atoms with Crippen LogP contribution >= 0.6 is 11.3 Å². The van der Waals surface area contributed by atoms with Crippen molar-refractivity contribution in [1.29, 1.82) is 0 Å². The van der Waals surface area contributed by atoms with E-state index in [4.69, 9.17) is 14.8 Å². The molecule has 2 aliphatic rings. The second kappa shape index (κ2) is 5.66. The first-order valence-electron chi connectivity index (χ1n) is 7.47. The first kappa shape index (κ1) is 14.9. The van der Waals surface area contributed by atoms with Crippen LogP contribution in [-0.2, 0) is 16.1 Å². The summed E-state index contributed by atoms with van der Waals surface area (Å²) in [6.07, 6.45) is 2.39. The predicted molar refractivity (Wildman–Crippen MR) is 80.6 cm³/mol. The minimum atomic E-state index is -0.802. The van der Waals surface area contributed by atoms with Crippen LogP contribution < -0.4 is 0 Å². The van der Waals surface area contributed by atoms with Crippen LogP contribution in [0.3, 0.4) is 0 Å². The Hall–Kier alpha value is -0.980. The third kappa shape index (κ3) is 3.62. The number of hydrogen-bond acceptors (Lipinski definition) is 5. The molecule has 0 radical (unpaired) electrons. The van der Waals surface area contributed by atoms with Crippen LogP contribution in [0.15, 0.2) is 5.38 Å². The van der Waals surface area contributed by atoms with Gasteiger partial charge in [0.1, 0.15) is 0 Å². The van der Waals surface area contributed by atoms with Crippen molar-refractivity contribution in [2.75, 3.05) is 13.2 Å². The molecule has 0 spiro atoms. The number of rotatable bonds is 5. The molecule has 1 unspecified atom stereocenters. The van der Waals surface area contributed by atoms with Gasteiger partial charge in [-0.25, -0.2) is 4.98 Å². The van der Waals surface area contributed by atoms with Crippen LogP contribution in [0.1, 0.15) is 49.7 Å².